The molecule has 1 aliphatic rings. The van der Waals surface area contributed by atoms with E-state index in [1.807, 2.05) is 38.1 Å². The van der Waals surface area contributed by atoms with Crippen LogP contribution in [0.3, 0.4) is 0 Å². The second-order valence-corrected chi connectivity index (χ2v) is 10.8. The van der Waals surface area contributed by atoms with Gasteiger partial charge in [0.15, 0.2) is 0 Å². The van der Waals surface area contributed by atoms with Crippen LogP contribution < -0.4 is 5.43 Å². The molecule has 1 aliphatic heterocycles. The Balaban J connectivity index is 1.99. The van der Waals surface area contributed by atoms with Gasteiger partial charge in [0.1, 0.15) is 10.9 Å². The van der Waals surface area contributed by atoms with E-state index >= 15 is 0 Å². The van der Waals surface area contributed by atoms with Gasteiger partial charge in [-0.05, 0) is 50.5 Å². The molecule has 1 N–H and O–H groups in total. The quantitative estimate of drug-likeness (QED) is 0.275. The van der Waals surface area contributed by atoms with Crippen molar-refractivity contribution in [2.24, 2.45) is 5.10 Å². The number of nitrogens with zero attached hydrogens (tertiary/aromatic N) is 4. The van der Waals surface area contributed by atoms with Crippen LogP contribution >= 0.6 is 15.9 Å². The minimum absolute atomic E-state index is 0.0866. The van der Waals surface area contributed by atoms with Crippen molar-refractivity contribution in [2.45, 2.75) is 44.0 Å². The molecule has 1 fully saturated rings. The summed E-state index contributed by atoms with van der Waals surface area (Å²) in [6, 6.07) is 10.0. The van der Waals surface area contributed by atoms with Gasteiger partial charge in [-0.25, -0.2) is 8.42 Å². The molecule has 10 nitrogen and oxygen atoms in total. The van der Waals surface area contributed by atoms with Crippen LogP contribution in [-0.4, -0.2) is 60.3 Å². The Morgan fingerprint density at radius 2 is 1.91 bits per heavy atom. The summed E-state index contributed by atoms with van der Waals surface area (Å²) in [5, 5.41) is 15.5. The minimum atomic E-state index is -4.25. The number of non-ortho nitro benzene ring substituents is 1. The molecular formula is C23H28BrN5O5S. The van der Waals surface area contributed by atoms with Gasteiger partial charge in [-0.2, -0.15) is 9.41 Å². The van der Waals surface area contributed by atoms with Crippen LogP contribution in [0.2, 0.25) is 0 Å². The van der Waals surface area contributed by atoms with Crippen molar-refractivity contribution in [1.82, 2.24) is 9.21 Å². The van der Waals surface area contributed by atoms with Gasteiger partial charge in [0.25, 0.3) is 5.69 Å². The fourth-order valence-electron chi connectivity index (χ4n) is 3.97. The molecule has 0 saturated carbocycles. The van der Waals surface area contributed by atoms with Gasteiger partial charge >= 0.3 is 0 Å². The Labute approximate surface area is 213 Å². The maximum Gasteiger partial charge on any atom is 0.270 e. The number of carbonyl (C=O) groups excluding carboxylic acids is 1. The number of amides is 1. The predicted octanol–water partition coefficient (Wildman–Crippen LogP) is 4.21. The van der Waals surface area contributed by atoms with E-state index < -0.39 is 21.0 Å². The van der Waals surface area contributed by atoms with E-state index in [2.05, 4.69) is 26.5 Å². The fourth-order valence-corrected chi connectivity index (χ4v) is 6.05. The average molecular weight is 566 g/mol. The molecule has 0 bridgehead atoms. The van der Waals surface area contributed by atoms with Gasteiger partial charge in [0.2, 0.25) is 15.9 Å². The number of piperidine rings is 1. The SMILES string of the molecule is CCN(CC)C(=O)[C@@H]1CCCCN1S(=O)(=O)c1cc([N+](=O)[O-])ccc1N/N=C\c1ccc(Br)cc1. The zero-order chi connectivity index (χ0) is 25.6. The molecule has 1 amide bonds. The maximum atomic E-state index is 13.8. The van der Waals surface area contributed by atoms with Crippen molar-refractivity contribution in [1.29, 1.82) is 0 Å². The molecule has 2 aromatic carbocycles. The number of hydrogen-bond acceptors (Lipinski definition) is 7. The number of carbonyl (C=O) groups is 1. The Morgan fingerprint density at radius 1 is 1.23 bits per heavy atom. The lowest BCUT2D eigenvalue weighted by Crippen LogP contribution is -2.52. The molecule has 1 heterocycles. The molecule has 188 valence electrons. The minimum Gasteiger partial charge on any atom is -0.342 e. The third kappa shape index (κ3) is 6.24. The number of hydrazone groups is 1. The summed E-state index contributed by atoms with van der Waals surface area (Å²) in [6.45, 7) is 4.77. The molecule has 0 aliphatic carbocycles. The first kappa shape index (κ1) is 26.8. The van der Waals surface area contributed by atoms with Crippen LogP contribution in [0.15, 0.2) is 56.9 Å². The van der Waals surface area contributed by atoms with E-state index in [1.165, 1.54) is 22.7 Å². The van der Waals surface area contributed by atoms with Gasteiger partial charge in [0, 0.05) is 36.2 Å². The first-order valence-corrected chi connectivity index (χ1v) is 13.6. The number of likely N-dealkylation sites (N-methyl/N-ethyl adjacent to an activating group) is 1. The highest BCUT2D eigenvalue weighted by Gasteiger charge is 2.40. The van der Waals surface area contributed by atoms with Crippen molar-refractivity contribution >= 4 is 49.4 Å². The van der Waals surface area contributed by atoms with Gasteiger partial charge in [-0.1, -0.05) is 34.5 Å². The molecule has 2 aromatic rings. The average Bonchev–Trinajstić information content (AvgIpc) is 2.86. The third-order valence-corrected chi connectivity index (χ3v) is 8.32. The van der Waals surface area contributed by atoms with Gasteiger partial charge in [-0.15, -0.1) is 0 Å². The zero-order valence-electron chi connectivity index (χ0n) is 19.6. The van der Waals surface area contributed by atoms with Crippen LogP contribution in [0.1, 0.15) is 38.7 Å². The standard InChI is InChI=1S/C23H28BrN5O5S/c1-3-27(4-2)23(30)21-7-5-6-14-28(21)35(33,34)22-15-19(29(31)32)12-13-20(22)26-25-16-17-8-10-18(24)11-9-17/h8-13,15-16,21,26H,3-7,14H2,1-2H3/b25-16-/t21-/m0/s1. The van der Waals surface area contributed by atoms with Crippen LogP contribution in [0.5, 0.6) is 0 Å². The first-order chi connectivity index (χ1) is 16.7. The number of sulfonamides is 1. The van der Waals surface area contributed by atoms with Crippen LogP contribution in [-0.2, 0) is 14.8 Å². The molecule has 3 rings (SSSR count). The fraction of sp³-hybridized carbons (Fsp3) is 0.391. The summed E-state index contributed by atoms with van der Waals surface area (Å²) in [7, 11) is -4.25. The van der Waals surface area contributed by atoms with E-state index in [4.69, 9.17) is 0 Å². The van der Waals surface area contributed by atoms with E-state index in [0.717, 1.165) is 22.5 Å². The lowest BCUT2D eigenvalue weighted by Gasteiger charge is -2.36. The van der Waals surface area contributed by atoms with Crippen LogP contribution in [0.4, 0.5) is 11.4 Å². The maximum absolute atomic E-state index is 13.8. The van der Waals surface area contributed by atoms with E-state index in [9.17, 15) is 23.3 Å². The Hall–Kier alpha value is -2.83. The molecule has 12 heteroatoms. The number of nitrogens with one attached hydrogen (secondary N) is 1. The number of anilines is 1. The normalized spacial score (nSPS) is 16.8. The lowest BCUT2D eigenvalue weighted by molar-refractivity contribution is -0.385. The van der Waals surface area contributed by atoms with Crippen molar-refractivity contribution < 1.29 is 18.1 Å². The molecule has 0 radical (unpaired) electrons. The zero-order valence-corrected chi connectivity index (χ0v) is 22.0. The Morgan fingerprint density at radius 3 is 2.54 bits per heavy atom. The largest absolute Gasteiger partial charge is 0.342 e. The van der Waals surface area contributed by atoms with Gasteiger partial charge in [-0.3, -0.25) is 20.3 Å². The highest BCUT2D eigenvalue weighted by Crippen LogP contribution is 2.33. The number of nitro benzene ring substituents is 1. The lowest BCUT2D eigenvalue weighted by atomic mass is 10.0. The molecular weight excluding hydrogens is 538 g/mol. The summed E-state index contributed by atoms with van der Waals surface area (Å²) in [4.78, 5) is 25.2. The molecule has 1 atom stereocenters. The van der Waals surface area contributed by atoms with Crippen molar-refractivity contribution in [3.8, 4) is 0 Å². The number of hydrogen-bond donors (Lipinski definition) is 1. The molecule has 0 unspecified atom stereocenters. The summed E-state index contributed by atoms with van der Waals surface area (Å²) in [6.07, 6.45) is 3.23. The number of nitro groups is 1. The summed E-state index contributed by atoms with van der Waals surface area (Å²) < 4.78 is 29.7. The number of halogens is 1. The van der Waals surface area contributed by atoms with Crippen molar-refractivity contribution in [2.75, 3.05) is 25.1 Å². The summed E-state index contributed by atoms with van der Waals surface area (Å²) in [5.41, 5.74) is 3.20. The predicted molar refractivity (Wildman–Crippen MR) is 138 cm³/mol. The van der Waals surface area contributed by atoms with Gasteiger partial charge in [0.05, 0.1) is 16.8 Å². The number of rotatable bonds is 9. The van der Waals surface area contributed by atoms with E-state index in [-0.39, 0.29) is 28.7 Å². The van der Waals surface area contributed by atoms with E-state index in [0.29, 0.717) is 25.9 Å². The highest BCUT2D eigenvalue weighted by molar-refractivity contribution is 9.10. The third-order valence-electron chi connectivity index (χ3n) is 5.85. The Bertz CT molecular complexity index is 1200. The van der Waals surface area contributed by atoms with Crippen molar-refractivity contribution in [3.05, 3.63) is 62.6 Å². The Kier molecular flexibility index (Phi) is 8.98. The van der Waals surface area contributed by atoms with E-state index in [1.54, 1.807) is 4.90 Å². The molecule has 0 aromatic heterocycles. The molecule has 1 saturated heterocycles. The second kappa shape index (κ2) is 11.7. The van der Waals surface area contributed by atoms with Crippen molar-refractivity contribution in [3.63, 3.8) is 0 Å². The van der Waals surface area contributed by atoms with Gasteiger partial charge < -0.3 is 4.90 Å². The number of benzene rings is 2. The topological polar surface area (TPSA) is 125 Å². The molecule has 35 heavy (non-hydrogen) atoms. The highest BCUT2D eigenvalue weighted by atomic mass is 79.9. The monoisotopic (exact) mass is 565 g/mol. The van der Waals surface area contributed by atoms with Crippen LogP contribution in [0, 0.1) is 10.1 Å². The summed E-state index contributed by atoms with van der Waals surface area (Å²) >= 11 is 3.36. The van der Waals surface area contributed by atoms with Crippen LogP contribution in [0.25, 0.3) is 0 Å². The summed E-state index contributed by atoms with van der Waals surface area (Å²) in [5.74, 6) is -0.258. The molecule has 0 spiro atoms. The first-order valence-electron chi connectivity index (χ1n) is 11.3. The smallest absolute Gasteiger partial charge is 0.270 e. The second-order valence-electron chi connectivity index (χ2n) is 8.00.